The second-order valence-electron chi connectivity index (χ2n) is 4.72. The van der Waals surface area contributed by atoms with Gasteiger partial charge in [0.25, 0.3) is 0 Å². The number of nitrogens with one attached hydrogen (secondary N) is 2. The molecule has 0 unspecified atom stereocenters. The maximum Gasteiger partial charge on any atom is 0.244 e. The van der Waals surface area contributed by atoms with Gasteiger partial charge < -0.3 is 9.73 Å². The highest BCUT2D eigenvalue weighted by atomic mass is 32.2. The van der Waals surface area contributed by atoms with Crippen molar-refractivity contribution < 1.29 is 12.8 Å². The smallest absolute Gasteiger partial charge is 0.244 e. The fraction of sp³-hybridized carbons (Fsp3) is 0.462. The molecule has 0 aliphatic carbocycles. The molecule has 0 saturated heterocycles. The lowest BCUT2D eigenvalue weighted by Gasteiger charge is -2.07. The summed E-state index contributed by atoms with van der Waals surface area (Å²) in [5.74, 6) is 1.03. The van der Waals surface area contributed by atoms with E-state index in [1.165, 1.54) is 11.3 Å². The summed E-state index contributed by atoms with van der Waals surface area (Å²) in [5, 5.41) is 3.88. The zero-order chi connectivity index (χ0) is 15.6. The fourth-order valence-electron chi connectivity index (χ4n) is 2.17. The first-order valence-electron chi connectivity index (χ1n) is 6.49. The number of sulfonamides is 1. The van der Waals surface area contributed by atoms with Gasteiger partial charge >= 0.3 is 0 Å². The fourth-order valence-corrected chi connectivity index (χ4v) is 4.44. The van der Waals surface area contributed by atoms with Crippen LogP contribution < -0.4 is 10.0 Å². The highest BCUT2D eigenvalue weighted by molar-refractivity contribution is 7.89. The van der Waals surface area contributed by atoms with Crippen molar-refractivity contribution in [3.63, 3.8) is 0 Å². The Hall–Kier alpha value is -1.22. The molecule has 0 amide bonds. The van der Waals surface area contributed by atoms with Crippen molar-refractivity contribution in [2.24, 2.45) is 0 Å². The van der Waals surface area contributed by atoms with Gasteiger partial charge in [0.2, 0.25) is 10.0 Å². The molecule has 0 aliphatic heterocycles. The van der Waals surface area contributed by atoms with Crippen LogP contribution in [0, 0.1) is 20.8 Å². The molecule has 116 valence electrons. The van der Waals surface area contributed by atoms with E-state index in [-0.39, 0.29) is 11.4 Å². The van der Waals surface area contributed by atoms with E-state index in [9.17, 15) is 8.42 Å². The molecule has 0 aromatic carbocycles. The standard InChI is InChI=1S/C13H19N3O3S2/c1-8-12(7-14-4)13(9(2)19-8)21(17,18)16-6-11-5-15-10(3)20-11/h5,14,16H,6-7H2,1-4H3. The largest absolute Gasteiger partial charge is 0.465 e. The van der Waals surface area contributed by atoms with Gasteiger partial charge in [0.05, 0.1) is 5.01 Å². The Morgan fingerprint density at radius 2 is 1.95 bits per heavy atom. The molecule has 21 heavy (non-hydrogen) atoms. The van der Waals surface area contributed by atoms with Crippen molar-refractivity contribution >= 4 is 21.4 Å². The molecule has 0 atom stereocenters. The molecule has 2 N–H and O–H groups in total. The minimum absolute atomic E-state index is 0.232. The molecule has 0 aliphatic rings. The number of rotatable bonds is 6. The van der Waals surface area contributed by atoms with Crippen LogP contribution in [-0.2, 0) is 23.1 Å². The van der Waals surface area contributed by atoms with E-state index in [2.05, 4.69) is 15.0 Å². The Morgan fingerprint density at radius 3 is 2.52 bits per heavy atom. The zero-order valence-electron chi connectivity index (χ0n) is 12.5. The van der Waals surface area contributed by atoms with Crippen LogP contribution in [0.2, 0.25) is 0 Å². The average Bonchev–Trinajstić information content (AvgIpc) is 2.92. The summed E-state index contributed by atoms with van der Waals surface area (Å²) >= 11 is 1.47. The van der Waals surface area contributed by atoms with Crippen molar-refractivity contribution in [3.8, 4) is 0 Å². The van der Waals surface area contributed by atoms with Gasteiger partial charge in [-0.3, -0.25) is 0 Å². The van der Waals surface area contributed by atoms with Gasteiger partial charge in [-0.25, -0.2) is 18.1 Å². The Bertz CT molecular complexity index is 732. The molecule has 2 rings (SSSR count). The van der Waals surface area contributed by atoms with Gasteiger partial charge in [-0.05, 0) is 27.8 Å². The topological polar surface area (TPSA) is 84.2 Å². The highest BCUT2D eigenvalue weighted by Gasteiger charge is 2.26. The van der Waals surface area contributed by atoms with Gasteiger partial charge in [-0.2, -0.15) is 0 Å². The van der Waals surface area contributed by atoms with Gasteiger partial charge in [-0.15, -0.1) is 11.3 Å². The van der Waals surface area contributed by atoms with Gasteiger partial charge in [-0.1, -0.05) is 0 Å². The molecule has 0 radical (unpaired) electrons. The molecule has 2 heterocycles. The molecule has 2 aromatic rings. The first-order chi connectivity index (χ1) is 9.85. The van der Waals surface area contributed by atoms with Crippen molar-refractivity contribution in [2.75, 3.05) is 7.05 Å². The number of hydrogen-bond acceptors (Lipinski definition) is 6. The number of hydrogen-bond donors (Lipinski definition) is 2. The van der Waals surface area contributed by atoms with Crippen molar-refractivity contribution in [3.05, 3.63) is 33.2 Å². The van der Waals surface area contributed by atoms with E-state index in [1.807, 2.05) is 6.92 Å². The average molecular weight is 329 g/mol. The van der Waals surface area contributed by atoms with Crippen LogP contribution in [0.15, 0.2) is 15.5 Å². The number of thiazole rings is 1. The minimum atomic E-state index is -3.62. The molecular formula is C13H19N3O3S2. The number of furan rings is 1. The Morgan fingerprint density at radius 1 is 1.24 bits per heavy atom. The maximum atomic E-state index is 12.5. The third-order valence-corrected chi connectivity index (χ3v) is 5.56. The monoisotopic (exact) mass is 329 g/mol. The molecule has 0 saturated carbocycles. The van der Waals surface area contributed by atoms with E-state index in [1.54, 1.807) is 27.1 Å². The van der Waals surface area contributed by atoms with Crippen molar-refractivity contribution in [2.45, 2.75) is 38.8 Å². The molecular weight excluding hydrogens is 310 g/mol. The van der Waals surface area contributed by atoms with Crippen LogP contribution in [0.25, 0.3) is 0 Å². The van der Waals surface area contributed by atoms with Crippen molar-refractivity contribution in [1.29, 1.82) is 0 Å². The second-order valence-corrected chi connectivity index (χ2v) is 7.75. The maximum absolute atomic E-state index is 12.5. The molecule has 8 heteroatoms. The van der Waals surface area contributed by atoms with Crippen LogP contribution in [0.3, 0.4) is 0 Å². The summed E-state index contributed by atoms with van der Waals surface area (Å²) < 4.78 is 33.1. The van der Waals surface area contributed by atoms with Crippen LogP contribution >= 0.6 is 11.3 Å². The van der Waals surface area contributed by atoms with E-state index >= 15 is 0 Å². The number of aromatic nitrogens is 1. The van der Waals surface area contributed by atoms with Gasteiger partial charge in [0, 0.05) is 29.7 Å². The van der Waals surface area contributed by atoms with E-state index < -0.39 is 10.0 Å². The number of aryl methyl sites for hydroxylation is 3. The summed E-state index contributed by atoms with van der Waals surface area (Å²) in [6.07, 6.45) is 1.69. The Labute approximate surface area is 128 Å². The van der Waals surface area contributed by atoms with Crippen LogP contribution in [-0.4, -0.2) is 20.4 Å². The van der Waals surface area contributed by atoms with E-state index in [4.69, 9.17) is 4.42 Å². The first-order valence-corrected chi connectivity index (χ1v) is 8.79. The van der Waals surface area contributed by atoms with Crippen LogP contribution in [0.5, 0.6) is 0 Å². The Balaban J connectivity index is 2.27. The lowest BCUT2D eigenvalue weighted by atomic mass is 10.2. The third-order valence-electron chi connectivity index (χ3n) is 3.05. The predicted molar refractivity (Wildman–Crippen MR) is 81.8 cm³/mol. The van der Waals surface area contributed by atoms with Crippen molar-refractivity contribution in [1.82, 2.24) is 15.0 Å². The van der Waals surface area contributed by atoms with Gasteiger partial charge in [0.1, 0.15) is 16.4 Å². The predicted octanol–water partition coefficient (Wildman–Crippen LogP) is 1.86. The lowest BCUT2D eigenvalue weighted by Crippen LogP contribution is -2.25. The quantitative estimate of drug-likeness (QED) is 0.845. The van der Waals surface area contributed by atoms with E-state index in [0.717, 1.165) is 9.88 Å². The lowest BCUT2D eigenvalue weighted by molar-refractivity contribution is 0.493. The summed E-state index contributed by atoms with van der Waals surface area (Å²) in [6, 6.07) is 0. The molecule has 0 bridgehead atoms. The molecule has 2 aromatic heterocycles. The summed E-state index contributed by atoms with van der Waals surface area (Å²) in [6.45, 7) is 6.00. The minimum Gasteiger partial charge on any atom is -0.465 e. The highest BCUT2D eigenvalue weighted by Crippen LogP contribution is 2.26. The molecule has 0 fully saturated rings. The summed E-state index contributed by atoms with van der Waals surface area (Å²) in [7, 11) is -1.85. The first kappa shape index (κ1) is 16.2. The molecule has 0 spiro atoms. The normalized spacial score (nSPS) is 12.0. The molecule has 6 nitrogen and oxygen atoms in total. The Kier molecular flexibility index (Phi) is 4.82. The second kappa shape index (κ2) is 6.27. The third kappa shape index (κ3) is 3.52. The summed E-state index contributed by atoms with van der Waals surface area (Å²) in [5.41, 5.74) is 0.669. The zero-order valence-corrected chi connectivity index (χ0v) is 14.1. The van der Waals surface area contributed by atoms with Gasteiger partial charge in [0.15, 0.2) is 0 Å². The van der Waals surface area contributed by atoms with E-state index in [0.29, 0.717) is 23.6 Å². The van der Waals surface area contributed by atoms with Crippen LogP contribution in [0.4, 0.5) is 0 Å². The van der Waals surface area contributed by atoms with Crippen LogP contribution in [0.1, 0.15) is 27.0 Å². The summed E-state index contributed by atoms with van der Waals surface area (Å²) in [4.78, 5) is 5.22. The number of nitrogens with zero attached hydrogens (tertiary/aromatic N) is 1. The SMILES string of the molecule is CNCc1c(C)oc(C)c1S(=O)(=O)NCc1cnc(C)s1.